The van der Waals surface area contributed by atoms with Gasteiger partial charge in [0.1, 0.15) is 11.1 Å². The second-order valence-electron chi connectivity index (χ2n) is 7.04. The molecule has 1 aliphatic carbocycles. The predicted molar refractivity (Wildman–Crippen MR) is 109 cm³/mol. The van der Waals surface area contributed by atoms with Gasteiger partial charge in [-0.3, -0.25) is 14.5 Å². The molecule has 2 aromatic carbocycles. The van der Waals surface area contributed by atoms with Crippen LogP contribution in [0.4, 0.5) is 15.8 Å². The maximum atomic E-state index is 13.0. The highest BCUT2D eigenvalue weighted by atomic mass is 32.2. The fraction of sp³-hybridized carbons (Fsp3) is 0.286. The van der Waals surface area contributed by atoms with Gasteiger partial charge in [0.2, 0.25) is 11.8 Å². The van der Waals surface area contributed by atoms with Gasteiger partial charge in [0, 0.05) is 18.2 Å². The Labute approximate surface area is 167 Å². The summed E-state index contributed by atoms with van der Waals surface area (Å²) in [4.78, 5) is 31.6. The van der Waals surface area contributed by atoms with Gasteiger partial charge in [-0.15, -0.1) is 0 Å². The maximum absolute atomic E-state index is 13.0. The molecule has 2 amide bonds. The molecule has 0 bridgehead atoms. The molecule has 28 heavy (non-hydrogen) atoms. The quantitative estimate of drug-likeness (QED) is 0.820. The first-order valence-electron chi connectivity index (χ1n) is 9.20. The highest BCUT2D eigenvalue weighted by Crippen LogP contribution is 2.39. The summed E-state index contributed by atoms with van der Waals surface area (Å²) in [5.41, 5.74) is 2.45. The van der Waals surface area contributed by atoms with Gasteiger partial charge in [0.15, 0.2) is 5.17 Å². The normalized spacial score (nSPS) is 20.6. The van der Waals surface area contributed by atoms with Gasteiger partial charge in [0.25, 0.3) is 0 Å². The second-order valence-corrected chi connectivity index (χ2v) is 8.20. The molecule has 1 saturated carbocycles. The molecule has 0 unspecified atom stereocenters. The van der Waals surface area contributed by atoms with Crippen molar-refractivity contribution in [2.45, 2.75) is 37.5 Å². The molecule has 144 valence electrons. The van der Waals surface area contributed by atoms with Crippen molar-refractivity contribution < 1.29 is 14.0 Å². The number of benzene rings is 2. The van der Waals surface area contributed by atoms with Crippen molar-refractivity contribution in [1.29, 1.82) is 0 Å². The molecule has 2 aliphatic rings. The lowest BCUT2D eigenvalue weighted by molar-refractivity contribution is -0.128. The minimum Gasteiger partial charge on any atom is -0.326 e. The Bertz CT molecular complexity index is 924. The van der Waals surface area contributed by atoms with E-state index in [2.05, 4.69) is 10.3 Å². The summed E-state index contributed by atoms with van der Waals surface area (Å²) >= 11 is 1.34. The predicted octanol–water partition coefficient (Wildman–Crippen LogP) is 4.26. The molecule has 1 saturated heterocycles. The van der Waals surface area contributed by atoms with E-state index in [1.807, 2.05) is 31.2 Å². The first-order chi connectivity index (χ1) is 13.5. The number of carbonyl (C=O) groups is 2. The van der Waals surface area contributed by atoms with Gasteiger partial charge in [-0.2, -0.15) is 0 Å². The fourth-order valence-electron chi connectivity index (χ4n) is 3.01. The minimum atomic E-state index is -0.495. The maximum Gasteiger partial charge on any atom is 0.242 e. The summed E-state index contributed by atoms with van der Waals surface area (Å²) in [6.07, 6.45) is 1.98. The zero-order valence-electron chi connectivity index (χ0n) is 15.4. The van der Waals surface area contributed by atoms with E-state index in [0.29, 0.717) is 10.9 Å². The molecule has 7 heteroatoms. The summed E-state index contributed by atoms with van der Waals surface area (Å²) in [6, 6.07) is 13.6. The molecule has 0 aromatic heterocycles. The molecule has 1 N–H and O–H groups in total. The summed E-state index contributed by atoms with van der Waals surface area (Å²) in [7, 11) is 0. The Morgan fingerprint density at radius 3 is 2.50 bits per heavy atom. The summed E-state index contributed by atoms with van der Waals surface area (Å²) in [6.45, 7) is 2.01. The standard InChI is InChI=1S/C21H20FN3O2S/c1-13-2-6-16(7-3-13)24-21-25(17-10-11-17)20(27)18(28-21)12-19(26)23-15-8-4-14(22)5-9-15/h2-9,17-18H,10-12H2,1H3,(H,23,26)/t18-/m0/s1. The van der Waals surface area contributed by atoms with E-state index in [0.717, 1.165) is 24.1 Å². The molecule has 2 aromatic rings. The third kappa shape index (κ3) is 4.25. The highest BCUT2D eigenvalue weighted by molar-refractivity contribution is 8.15. The van der Waals surface area contributed by atoms with Gasteiger partial charge in [-0.05, 0) is 56.2 Å². The number of anilines is 1. The first kappa shape index (κ1) is 18.7. The lowest BCUT2D eigenvalue weighted by Crippen LogP contribution is -2.35. The number of aryl methyl sites for hydroxylation is 1. The van der Waals surface area contributed by atoms with Crippen LogP contribution in [0.1, 0.15) is 24.8 Å². The van der Waals surface area contributed by atoms with Crippen molar-refractivity contribution in [1.82, 2.24) is 4.90 Å². The summed E-state index contributed by atoms with van der Waals surface area (Å²) in [5.74, 6) is -0.700. The molecular weight excluding hydrogens is 377 g/mol. The van der Waals surface area contributed by atoms with E-state index < -0.39 is 5.25 Å². The van der Waals surface area contributed by atoms with Crippen LogP contribution in [0, 0.1) is 12.7 Å². The van der Waals surface area contributed by atoms with Crippen LogP contribution in [0.25, 0.3) is 0 Å². The van der Waals surface area contributed by atoms with Gasteiger partial charge < -0.3 is 5.32 Å². The van der Waals surface area contributed by atoms with Crippen LogP contribution < -0.4 is 5.32 Å². The molecule has 2 fully saturated rings. The van der Waals surface area contributed by atoms with E-state index in [1.165, 1.54) is 36.0 Å². The number of carbonyl (C=O) groups excluding carboxylic acids is 2. The molecule has 1 atom stereocenters. The van der Waals surface area contributed by atoms with Gasteiger partial charge in [-0.25, -0.2) is 9.38 Å². The number of hydrogen-bond acceptors (Lipinski definition) is 4. The third-order valence-corrected chi connectivity index (χ3v) is 5.79. The zero-order valence-corrected chi connectivity index (χ0v) is 16.2. The largest absolute Gasteiger partial charge is 0.326 e. The van der Waals surface area contributed by atoms with Crippen LogP contribution in [-0.2, 0) is 9.59 Å². The third-order valence-electron chi connectivity index (χ3n) is 4.64. The van der Waals surface area contributed by atoms with E-state index in [9.17, 15) is 14.0 Å². The summed E-state index contributed by atoms with van der Waals surface area (Å²) in [5, 5.41) is 2.89. The molecule has 4 rings (SSSR count). The van der Waals surface area contributed by atoms with E-state index in [4.69, 9.17) is 0 Å². The van der Waals surface area contributed by atoms with Crippen LogP contribution >= 0.6 is 11.8 Å². The Morgan fingerprint density at radius 2 is 1.86 bits per heavy atom. The topological polar surface area (TPSA) is 61.8 Å². The van der Waals surface area contributed by atoms with Crippen LogP contribution in [0.3, 0.4) is 0 Å². The molecule has 5 nitrogen and oxygen atoms in total. The van der Waals surface area contributed by atoms with Crippen LogP contribution in [0.2, 0.25) is 0 Å². The number of halogens is 1. The minimum absolute atomic E-state index is 0.0526. The monoisotopic (exact) mass is 397 g/mol. The molecule has 1 aliphatic heterocycles. The number of thioether (sulfide) groups is 1. The first-order valence-corrected chi connectivity index (χ1v) is 10.1. The second kappa shape index (κ2) is 7.75. The average Bonchev–Trinajstić information content (AvgIpc) is 3.45. The molecule has 0 spiro atoms. The Kier molecular flexibility index (Phi) is 5.17. The fourth-order valence-corrected chi connectivity index (χ4v) is 4.22. The van der Waals surface area contributed by atoms with E-state index in [1.54, 1.807) is 4.90 Å². The lowest BCUT2D eigenvalue weighted by atomic mass is 10.2. The van der Waals surface area contributed by atoms with Gasteiger partial charge in [-0.1, -0.05) is 29.5 Å². The van der Waals surface area contributed by atoms with Crippen LogP contribution in [0.15, 0.2) is 53.5 Å². The number of nitrogens with zero attached hydrogens (tertiary/aromatic N) is 2. The Hall–Kier alpha value is -2.67. The number of hydrogen-bond donors (Lipinski definition) is 1. The SMILES string of the molecule is Cc1ccc(N=C2S[C@@H](CC(=O)Nc3ccc(F)cc3)C(=O)N2C2CC2)cc1. The van der Waals surface area contributed by atoms with Crippen LogP contribution in [0.5, 0.6) is 0 Å². The van der Waals surface area contributed by atoms with Gasteiger partial charge in [0.05, 0.1) is 5.69 Å². The highest BCUT2D eigenvalue weighted by Gasteiger charge is 2.46. The number of amidine groups is 1. The van der Waals surface area contributed by atoms with Crippen molar-refractivity contribution in [3.05, 3.63) is 59.9 Å². The van der Waals surface area contributed by atoms with Crippen molar-refractivity contribution in [3.8, 4) is 0 Å². The molecule has 1 heterocycles. The summed E-state index contributed by atoms with van der Waals surface area (Å²) < 4.78 is 13.0. The van der Waals surface area contributed by atoms with Crippen molar-refractivity contribution >= 4 is 40.1 Å². The Morgan fingerprint density at radius 1 is 1.18 bits per heavy atom. The van der Waals surface area contributed by atoms with Crippen molar-refractivity contribution in [3.63, 3.8) is 0 Å². The smallest absolute Gasteiger partial charge is 0.242 e. The van der Waals surface area contributed by atoms with Crippen LogP contribution in [-0.4, -0.2) is 33.2 Å². The number of nitrogens with one attached hydrogen (secondary N) is 1. The van der Waals surface area contributed by atoms with Crippen molar-refractivity contribution in [2.24, 2.45) is 4.99 Å². The zero-order chi connectivity index (χ0) is 19.7. The van der Waals surface area contributed by atoms with E-state index >= 15 is 0 Å². The number of amides is 2. The van der Waals surface area contributed by atoms with Crippen molar-refractivity contribution in [2.75, 3.05) is 5.32 Å². The molecule has 0 radical (unpaired) electrons. The number of rotatable bonds is 5. The van der Waals surface area contributed by atoms with Gasteiger partial charge >= 0.3 is 0 Å². The Balaban J connectivity index is 1.47. The molecular formula is C21H20FN3O2S. The average molecular weight is 397 g/mol. The lowest BCUT2D eigenvalue weighted by Gasteiger charge is -2.15. The van der Waals surface area contributed by atoms with E-state index in [-0.39, 0.29) is 30.1 Å². The number of aliphatic imine (C=N–C) groups is 1.